The van der Waals surface area contributed by atoms with Gasteiger partial charge in [-0.05, 0) is 38.2 Å². The maximum Gasteiger partial charge on any atom is 0.182 e. The van der Waals surface area contributed by atoms with Crippen molar-refractivity contribution in [1.29, 1.82) is 10.7 Å². The first kappa shape index (κ1) is 22.2. The molecule has 0 aliphatic carbocycles. The van der Waals surface area contributed by atoms with Crippen LogP contribution < -0.4 is 4.90 Å². The van der Waals surface area contributed by atoms with Crippen LogP contribution in [0.3, 0.4) is 0 Å². The van der Waals surface area contributed by atoms with Gasteiger partial charge in [0, 0.05) is 44.5 Å². The van der Waals surface area contributed by atoms with Gasteiger partial charge < -0.3 is 15.2 Å². The largest absolute Gasteiger partial charge is 0.369 e. The van der Waals surface area contributed by atoms with E-state index in [1.54, 1.807) is 12.1 Å². The fraction of sp³-hybridized carbons (Fsp3) is 0.400. The third-order valence-electron chi connectivity index (χ3n) is 5.15. The number of nitrogens with zero attached hydrogens (tertiary/aromatic N) is 5. The van der Waals surface area contributed by atoms with Crippen LogP contribution >= 0.6 is 11.6 Å². The van der Waals surface area contributed by atoms with Crippen LogP contribution in [0.4, 0.5) is 5.69 Å². The summed E-state index contributed by atoms with van der Waals surface area (Å²) in [6, 6.07) is 8.32. The van der Waals surface area contributed by atoms with Gasteiger partial charge in [0.05, 0.1) is 20.9 Å². The minimum absolute atomic E-state index is 0.0478. The van der Waals surface area contributed by atoms with E-state index in [4.69, 9.17) is 22.3 Å². The molecule has 1 saturated heterocycles. The number of hydrogen-bond donors (Lipinski definition) is 1. The predicted octanol–water partition coefficient (Wildman–Crippen LogP) is 2.37. The Morgan fingerprint density at radius 1 is 1.30 bits per heavy atom. The van der Waals surface area contributed by atoms with Crippen molar-refractivity contribution in [2.45, 2.75) is 23.5 Å². The van der Waals surface area contributed by atoms with Gasteiger partial charge in [0.25, 0.3) is 0 Å². The zero-order valence-corrected chi connectivity index (χ0v) is 18.4. The van der Waals surface area contributed by atoms with E-state index in [1.165, 1.54) is 25.3 Å². The molecule has 30 heavy (non-hydrogen) atoms. The van der Waals surface area contributed by atoms with Crippen LogP contribution in [-0.2, 0) is 9.84 Å². The Morgan fingerprint density at radius 2 is 2.00 bits per heavy atom. The summed E-state index contributed by atoms with van der Waals surface area (Å²) in [5.74, 6) is 0.0487. The Hall–Kier alpha value is -2.54. The van der Waals surface area contributed by atoms with Crippen LogP contribution in [-0.4, -0.2) is 67.5 Å². The summed E-state index contributed by atoms with van der Waals surface area (Å²) in [5.41, 5.74) is 0.977. The lowest BCUT2D eigenvalue weighted by Gasteiger charge is -2.34. The SMILES string of the molecule is C[C@@H](CC(=N)c1nccc(C#N)n1)S(=O)(=O)c1ccc(N2CCN(C)CC2)cc1Cl. The number of rotatable bonds is 6. The van der Waals surface area contributed by atoms with E-state index in [1.807, 2.05) is 6.07 Å². The van der Waals surface area contributed by atoms with E-state index in [2.05, 4.69) is 26.8 Å². The smallest absolute Gasteiger partial charge is 0.182 e. The molecule has 2 aromatic rings. The number of nitrogens with one attached hydrogen (secondary N) is 1. The van der Waals surface area contributed by atoms with E-state index < -0.39 is 15.1 Å². The van der Waals surface area contributed by atoms with Gasteiger partial charge in [-0.3, -0.25) is 0 Å². The number of aromatic nitrogens is 2. The normalized spacial score (nSPS) is 16.1. The number of nitriles is 1. The minimum atomic E-state index is -3.76. The van der Waals surface area contributed by atoms with Crippen LogP contribution in [0, 0.1) is 16.7 Å². The van der Waals surface area contributed by atoms with Crippen LogP contribution in [0.2, 0.25) is 5.02 Å². The second kappa shape index (κ2) is 9.08. The van der Waals surface area contributed by atoms with Crippen molar-refractivity contribution >= 4 is 32.8 Å². The zero-order valence-electron chi connectivity index (χ0n) is 16.8. The molecule has 0 amide bonds. The van der Waals surface area contributed by atoms with Crippen LogP contribution in [0.15, 0.2) is 35.4 Å². The number of benzene rings is 1. The van der Waals surface area contributed by atoms with Crippen molar-refractivity contribution in [2.24, 2.45) is 0 Å². The molecule has 158 valence electrons. The monoisotopic (exact) mass is 446 g/mol. The van der Waals surface area contributed by atoms with Gasteiger partial charge in [-0.25, -0.2) is 18.4 Å². The van der Waals surface area contributed by atoms with E-state index in [0.717, 1.165) is 31.9 Å². The lowest BCUT2D eigenvalue weighted by molar-refractivity contribution is 0.313. The molecule has 0 radical (unpaired) electrons. The van der Waals surface area contributed by atoms with Crippen LogP contribution in [0.5, 0.6) is 0 Å². The van der Waals surface area contributed by atoms with E-state index in [0.29, 0.717) is 0 Å². The number of anilines is 1. The molecule has 1 aromatic heterocycles. The second-order valence-electron chi connectivity index (χ2n) is 7.32. The molecule has 3 rings (SSSR count). The summed E-state index contributed by atoms with van der Waals surface area (Å²) in [7, 11) is -1.69. The molecular weight excluding hydrogens is 424 g/mol. The Labute approximate surface area is 181 Å². The zero-order chi connectivity index (χ0) is 21.9. The molecule has 1 atom stereocenters. The van der Waals surface area contributed by atoms with E-state index >= 15 is 0 Å². The molecule has 1 fully saturated rings. The highest BCUT2D eigenvalue weighted by Crippen LogP contribution is 2.31. The van der Waals surface area contributed by atoms with Crippen molar-refractivity contribution in [2.75, 3.05) is 38.1 Å². The molecule has 0 unspecified atom stereocenters. The van der Waals surface area contributed by atoms with Gasteiger partial charge in [0.2, 0.25) is 0 Å². The molecule has 1 aliphatic heterocycles. The average Bonchev–Trinajstić information content (AvgIpc) is 2.74. The predicted molar refractivity (Wildman–Crippen MR) is 116 cm³/mol. The van der Waals surface area contributed by atoms with Crippen LogP contribution in [0.1, 0.15) is 24.9 Å². The summed E-state index contributed by atoms with van der Waals surface area (Å²) in [6.07, 6.45) is 1.29. The van der Waals surface area contributed by atoms with Gasteiger partial charge in [-0.2, -0.15) is 5.26 Å². The molecule has 1 aromatic carbocycles. The average molecular weight is 447 g/mol. The summed E-state index contributed by atoms with van der Waals surface area (Å²) >= 11 is 6.37. The highest BCUT2D eigenvalue weighted by molar-refractivity contribution is 7.92. The van der Waals surface area contributed by atoms with Gasteiger partial charge >= 0.3 is 0 Å². The van der Waals surface area contributed by atoms with Crippen molar-refractivity contribution in [1.82, 2.24) is 14.9 Å². The minimum Gasteiger partial charge on any atom is -0.369 e. The first-order valence-electron chi connectivity index (χ1n) is 9.50. The lowest BCUT2D eigenvalue weighted by Crippen LogP contribution is -2.44. The number of hydrogen-bond acceptors (Lipinski definition) is 8. The third kappa shape index (κ3) is 4.78. The molecule has 10 heteroatoms. The maximum atomic E-state index is 13.1. The van der Waals surface area contributed by atoms with E-state index in [9.17, 15) is 8.42 Å². The number of sulfone groups is 1. The van der Waals surface area contributed by atoms with E-state index in [-0.39, 0.29) is 33.6 Å². The Kier molecular flexibility index (Phi) is 6.71. The highest BCUT2D eigenvalue weighted by atomic mass is 35.5. The lowest BCUT2D eigenvalue weighted by atomic mass is 10.2. The molecule has 0 spiro atoms. The Balaban J connectivity index is 1.77. The number of piperazine rings is 1. The van der Waals surface area contributed by atoms with Gasteiger partial charge in [0.1, 0.15) is 11.8 Å². The van der Waals surface area contributed by atoms with Crippen molar-refractivity contribution in [3.8, 4) is 6.07 Å². The number of likely N-dealkylation sites (N-methyl/N-ethyl adjacent to an activating group) is 1. The van der Waals surface area contributed by atoms with Crippen molar-refractivity contribution in [3.05, 3.63) is 47.0 Å². The summed E-state index contributed by atoms with van der Waals surface area (Å²) in [4.78, 5) is 12.4. The Bertz CT molecular complexity index is 1090. The number of halogens is 1. The highest BCUT2D eigenvalue weighted by Gasteiger charge is 2.28. The van der Waals surface area contributed by atoms with Gasteiger partial charge in [-0.15, -0.1) is 0 Å². The van der Waals surface area contributed by atoms with Crippen molar-refractivity contribution in [3.63, 3.8) is 0 Å². The first-order valence-corrected chi connectivity index (χ1v) is 11.4. The maximum absolute atomic E-state index is 13.1. The van der Waals surface area contributed by atoms with Crippen molar-refractivity contribution < 1.29 is 8.42 Å². The van der Waals surface area contributed by atoms with Gasteiger partial charge in [0.15, 0.2) is 15.7 Å². The molecule has 0 saturated carbocycles. The molecule has 8 nitrogen and oxygen atoms in total. The fourth-order valence-corrected chi connectivity index (χ4v) is 5.16. The Morgan fingerprint density at radius 3 is 2.63 bits per heavy atom. The first-order chi connectivity index (χ1) is 14.2. The summed E-state index contributed by atoms with van der Waals surface area (Å²) < 4.78 is 26.2. The third-order valence-corrected chi connectivity index (χ3v) is 7.77. The summed E-state index contributed by atoms with van der Waals surface area (Å²) in [6.45, 7) is 5.11. The molecular formula is C20H23ClN6O2S. The fourth-order valence-electron chi connectivity index (χ4n) is 3.25. The second-order valence-corrected chi connectivity index (χ2v) is 10.1. The quantitative estimate of drug-likeness (QED) is 0.677. The standard InChI is InChI=1S/C20H23ClN6O2S/c1-14(11-18(23)20-24-6-5-15(13-22)25-20)30(28,29)19-4-3-16(12-17(19)21)27-9-7-26(2)8-10-27/h3-6,12,14,23H,7-11H2,1-2H3/t14-/m0/s1. The van der Waals surface area contributed by atoms with Gasteiger partial charge in [-0.1, -0.05) is 11.6 Å². The summed E-state index contributed by atoms with van der Waals surface area (Å²) in [5, 5.41) is 16.4. The molecule has 0 bridgehead atoms. The molecule has 2 heterocycles. The molecule has 1 N–H and O–H groups in total. The van der Waals surface area contributed by atoms with Crippen LogP contribution in [0.25, 0.3) is 0 Å². The topological polar surface area (TPSA) is 114 Å². The molecule has 1 aliphatic rings.